The van der Waals surface area contributed by atoms with Crippen LogP contribution in [0.1, 0.15) is 16.7 Å². The lowest BCUT2D eigenvalue weighted by atomic mass is 10.1. The molecule has 3 nitrogen and oxygen atoms in total. The van der Waals surface area contributed by atoms with Gasteiger partial charge in [0, 0.05) is 22.3 Å². The minimum Gasteiger partial charge on any atom is -0.355 e. The zero-order valence-corrected chi connectivity index (χ0v) is 15.2. The number of carbonyl (C=O) groups excluding carboxylic acids is 1. The molecule has 0 aliphatic rings. The number of amides is 1. The summed E-state index contributed by atoms with van der Waals surface area (Å²) >= 11 is 13.5. The highest BCUT2D eigenvalue weighted by Gasteiger charge is 2.04. The molecule has 2 aromatic rings. The minimum atomic E-state index is -0.00118. The molecule has 2 aromatic carbocycles. The van der Waals surface area contributed by atoms with E-state index in [-0.39, 0.29) is 5.91 Å². The van der Waals surface area contributed by atoms with Crippen molar-refractivity contribution in [2.24, 2.45) is 0 Å². The van der Waals surface area contributed by atoms with Crippen LogP contribution in [-0.4, -0.2) is 18.2 Å². The quantitative estimate of drug-likeness (QED) is 0.773. The van der Waals surface area contributed by atoms with Crippen molar-refractivity contribution < 1.29 is 4.79 Å². The van der Waals surface area contributed by atoms with Gasteiger partial charge in [-0.3, -0.25) is 4.79 Å². The van der Waals surface area contributed by atoms with Crippen molar-refractivity contribution in [3.05, 3.63) is 69.2 Å². The smallest absolute Gasteiger partial charge is 0.230 e. The van der Waals surface area contributed by atoms with Crippen LogP contribution in [0.15, 0.2) is 42.5 Å². The van der Waals surface area contributed by atoms with Crippen LogP contribution in [0.5, 0.6) is 0 Å². The fraction of sp³-hybridized carbons (Fsp3) is 0.222. The Kier molecular flexibility index (Phi) is 7.45. The Hall–Kier alpha value is -1.67. The van der Waals surface area contributed by atoms with Crippen LogP contribution in [-0.2, 0) is 17.0 Å². The van der Waals surface area contributed by atoms with Gasteiger partial charge in [0.25, 0.3) is 0 Å². The first-order valence-corrected chi connectivity index (χ1v) is 9.27. The third-order valence-electron chi connectivity index (χ3n) is 3.32. The zero-order chi connectivity index (χ0) is 17.4. The molecule has 124 valence electrons. The van der Waals surface area contributed by atoms with E-state index in [4.69, 9.17) is 28.5 Å². The average molecular weight is 379 g/mol. The molecule has 0 radical (unpaired) electrons. The summed E-state index contributed by atoms with van der Waals surface area (Å²) in [4.78, 5) is 11.8. The topological polar surface area (TPSA) is 52.9 Å². The van der Waals surface area contributed by atoms with Gasteiger partial charge < -0.3 is 5.32 Å². The lowest BCUT2D eigenvalue weighted by Crippen LogP contribution is -2.27. The average Bonchev–Trinajstić information content (AvgIpc) is 2.57. The summed E-state index contributed by atoms with van der Waals surface area (Å²) in [7, 11) is 0. The molecule has 1 amide bonds. The highest BCUT2D eigenvalue weighted by Crippen LogP contribution is 2.21. The summed E-state index contributed by atoms with van der Waals surface area (Å²) in [5, 5.41) is 12.9. The largest absolute Gasteiger partial charge is 0.355 e. The highest BCUT2D eigenvalue weighted by molar-refractivity contribution is 7.99. The maximum Gasteiger partial charge on any atom is 0.230 e. The second-order valence-electron chi connectivity index (χ2n) is 5.14. The summed E-state index contributed by atoms with van der Waals surface area (Å²) in [5.74, 6) is 1.13. The fourth-order valence-electron chi connectivity index (χ4n) is 2.05. The van der Waals surface area contributed by atoms with Crippen LogP contribution >= 0.6 is 35.0 Å². The maximum atomic E-state index is 11.8. The van der Waals surface area contributed by atoms with Crippen molar-refractivity contribution in [2.45, 2.75) is 12.2 Å². The molecule has 0 atom stereocenters. The second-order valence-corrected chi connectivity index (χ2v) is 6.97. The number of hydrogen-bond donors (Lipinski definition) is 1. The normalized spacial score (nSPS) is 10.2. The van der Waals surface area contributed by atoms with Crippen molar-refractivity contribution in [2.75, 3.05) is 12.3 Å². The van der Waals surface area contributed by atoms with E-state index in [0.29, 0.717) is 34.3 Å². The monoisotopic (exact) mass is 378 g/mol. The number of halogens is 2. The number of nitrogens with zero attached hydrogens (tertiary/aromatic N) is 1. The lowest BCUT2D eigenvalue weighted by Gasteiger charge is -2.07. The predicted octanol–water partition coefficient (Wildman–Crippen LogP) is 4.46. The number of nitrogens with one attached hydrogen (secondary N) is 1. The first-order chi connectivity index (χ1) is 11.6. The molecule has 0 heterocycles. The second kappa shape index (κ2) is 9.58. The van der Waals surface area contributed by atoms with Crippen molar-refractivity contribution in [1.82, 2.24) is 5.32 Å². The summed E-state index contributed by atoms with van der Waals surface area (Å²) in [5.41, 5.74) is 2.70. The summed E-state index contributed by atoms with van der Waals surface area (Å²) in [6.07, 6.45) is 0.669. The molecule has 0 unspecified atom stereocenters. The molecule has 0 aliphatic carbocycles. The summed E-state index contributed by atoms with van der Waals surface area (Å²) < 4.78 is 0. The molecule has 2 rings (SSSR count). The van der Waals surface area contributed by atoms with Crippen LogP contribution in [0, 0.1) is 11.3 Å². The first-order valence-electron chi connectivity index (χ1n) is 7.36. The van der Waals surface area contributed by atoms with Crippen molar-refractivity contribution in [3.63, 3.8) is 0 Å². The molecule has 0 saturated heterocycles. The van der Waals surface area contributed by atoms with Crippen molar-refractivity contribution >= 4 is 40.9 Å². The third-order valence-corrected chi connectivity index (χ3v) is 4.91. The molecule has 1 N–H and O–H groups in total. The molecule has 0 spiro atoms. The minimum absolute atomic E-state index is 0.00118. The summed E-state index contributed by atoms with van der Waals surface area (Å²) in [6, 6.07) is 14.8. The molecule has 0 fully saturated rings. The van der Waals surface area contributed by atoms with E-state index in [2.05, 4.69) is 11.4 Å². The van der Waals surface area contributed by atoms with E-state index >= 15 is 0 Å². The maximum absolute atomic E-state index is 11.8. The van der Waals surface area contributed by atoms with E-state index in [0.717, 1.165) is 16.9 Å². The Morgan fingerprint density at radius 3 is 2.58 bits per heavy atom. The predicted molar refractivity (Wildman–Crippen MR) is 100 cm³/mol. The Bertz CT molecular complexity index is 742. The van der Waals surface area contributed by atoms with Gasteiger partial charge in [0.2, 0.25) is 5.91 Å². The summed E-state index contributed by atoms with van der Waals surface area (Å²) in [6.45, 7) is 0.539. The molecule has 24 heavy (non-hydrogen) atoms. The van der Waals surface area contributed by atoms with Gasteiger partial charge in [-0.05, 0) is 41.8 Å². The van der Waals surface area contributed by atoms with E-state index in [1.165, 1.54) is 0 Å². The number of carbonyl (C=O) groups is 1. The molecule has 0 aliphatic heterocycles. The van der Waals surface area contributed by atoms with Gasteiger partial charge in [-0.1, -0.05) is 41.4 Å². The molecular formula is C18H16Cl2N2OS. The van der Waals surface area contributed by atoms with Crippen LogP contribution < -0.4 is 5.32 Å². The Balaban J connectivity index is 1.67. The SMILES string of the molecule is N#Cc1ccc(CSCC(=O)NCCc2ccc(Cl)cc2Cl)cc1. The van der Waals surface area contributed by atoms with Gasteiger partial charge in [0.1, 0.15) is 0 Å². The molecule has 0 bridgehead atoms. The number of benzene rings is 2. The number of nitriles is 1. The number of hydrogen-bond acceptors (Lipinski definition) is 3. The lowest BCUT2D eigenvalue weighted by molar-refractivity contribution is -0.118. The van der Waals surface area contributed by atoms with Crippen molar-refractivity contribution in [1.29, 1.82) is 5.26 Å². The Morgan fingerprint density at radius 2 is 1.92 bits per heavy atom. The number of rotatable bonds is 7. The van der Waals surface area contributed by atoms with Crippen molar-refractivity contribution in [3.8, 4) is 6.07 Å². The molecule has 0 aromatic heterocycles. The third kappa shape index (κ3) is 6.09. The highest BCUT2D eigenvalue weighted by atomic mass is 35.5. The van der Waals surface area contributed by atoms with Gasteiger partial charge in [-0.2, -0.15) is 5.26 Å². The van der Waals surface area contributed by atoms with Gasteiger partial charge in [-0.15, -0.1) is 11.8 Å². The van der Waals surface area contributed by atoms with Gasteiger partial charge in [0.05, 0.1) is 17.4 Å². The Morgan fingerprint density at radius 1 is 1.17 bits per heavy atom. The van der Waals surface area contributed by atoms with Crippen LogP contribution in [0.4, 0.5) is 0 Å². The Labute approximate surface area is 156 Å². The van der Waals surface area contributed by atoms with Gasteiger partial charge >= 0.3 is 0 Å². The van der Waals surface area contributed by atoms with E-state index in [9.17, 15) is 4.79 Å². The first kappa shape index (κ1) is 18.7. The van der Waals surface area contributed by atoms with E-state index in [1.807, 2.05) is 18.2 Å². The van der Waals surface area contributed by atoms with E-state index in [1.54, 1.807) is 36.0 Å². The van der Waals surface area contributed by atoms with Crippen LogP contribution in [0.25, 0.3) is 0 Å². The van der Waals surface area contributed by atoms with Gasteiger partial charge in [-0.25, -0.2) is 0 Å². The van der Waals surface area contributed by atoms with Crippen LogP contribution in [0.3, 0.4) is 0 Å². The zero-order valence-electron chi connectivity index (χ0n) is 12.9. The van der Waals surface area contributed by atoms with Crippen LogP contribution in [0.2, 0.25) is 10.0 Å². The molecule has 0 saturated carbocycles. The standard InChI is InChI=1S/C18H16Cl2N2OS/c19-16-6-5-15(17(20)9-16)7-8-22-18(23)12-24-11-14-3-1-13(10-21)2-4-14/h1-6,9H,7-8,11-12H2,(H,22,23). The fourth-order valence-corrected chi connectivity index (χ4v) is 3.37. The molecule has 6 heteroatoms. The van der Waals surface area contributed by atoms with E-state index < -0.39 is 0 Å². The molecular weight excluding hydrogens is 363 g/mol. The van der Waals surface area contributed by atoms with Gasteiger partial charge in [0.15, 0.2) is 0 Å². The number of thioether (sulfide) groups is 1.